The van der Waals surface area contributed by atoms with Crippen molar-refractivity contribution in [1.29, 1.82) is 0 Å². The average molecular weight is 489 g/mol. The molecule has 2 aromatic carbocycles. The normalized spacial score (nSPS) is 11.3. The second kappa shape index (κ2) is 8.07. The fraction of sp³-hybridized carbons (Fsp3) is 0.174. The molecule has 0 saturated carbocycles. The van der Waals surface area contributed by atoms with Crippen molar-refractivity contribution in [3.8, 4) is 22.4 Å². The van der Waals surface area contributed by atoms with E-state index >= 15 is 0 Å². The Balaban J connectivity index is 2.37. The van der Waals surface area contributed by atoms with E-state index in [1.165, 1.54) is 12.1 Å². The number of aromatic nitrogens is 1. The minimum absolute atomic E-state index is 0.166. The zero-order valence-electron chi connectivity index (χ0n) is 15.4. The summed E-state index contributed by atoms with van der Waals surface area (Å²) in [6.45, 7) is 6.45. The molecule has 1 aromatic heterocycles. The summed E-state index contributed by atoms with van der Waals surface area (Å²) in [6.07, 6.45) is 2.01. The third-order valence-corrected chi connectivity index (χ3v) is 4.71. The van der Waals surface area contributed by atoms with Gasteiger partial charge in [0, 0.05) is 16.5 Å². The molecule has 0 aliphatic carbocycles. The lowest BCUT2D eigenvalue weighted by atomic mass is 9.84. The smallest absolute Gasteiger partial charge is 0.123 e. The van der Waals surface area contributed by atoms with Gasteiger partial charge in [0.25, 0.3) is 0 Å². The molecule has 3 rings (SSSR count). The van der Waals surface area contributed by atoms with Crippen molar-refractivity contribution in [1.82, 2.24) is 4.98 Å². The maximum atomic E-state index is 13.5. The standard InChI is InChI=1S/C23H20Br2FN/c1-23(2,3)22-19(14-21(24)25)18(15-9-11-17(26)12-10-15)13-20(27-22)16-7-5-4-6-8-16/h4-14H,1-3H3. The van der Waals surface area contributed by atoms with Crippen LogP contribution >= 0.6 is 31.9 Å². The van der Waals surface area contributed by atoms with Crippen LogP contribution in [0.5, 0.6) is 0 Å². The molecule has 0 aliphatic rings. The quantitative estimate of drug-likeness (QED) is 0.364. The number of pyridine rings is 1. The van der Waals surface area contributed by atoms with E-state index in [2.05, 4.69) is 70.8 Å². The molecule has 0 fully saturated rings. The number of hydrogen-bond acceptors (Lipinski definition) is 1. The van der Waals surface area contributed by atoms with E-state index in [4.69, 9.17) is 4.98 Å². The van der Waals surface area contributed by atoms with Gasteiger partial charge >= 0.3 is 0 Å². The first-order valence-electron chi connectivity index (χ1n) is 8.65. The van der Waals surface area contributed by atoms with Gasteiger partial charge in [0.15, 0.2) is 0 Å². The molecule has 138 valence electrons. The van der Waals surface area contributed by atoms with E-state index in [-0.39, 0.29) is 11.2 Å². The van der Waals surface area contributed by atoms with E-state index in [0.29, 0.717) is 0 Å². The Morgan fingerprint density at radius 1 is 0.926 bits per heavy atom. The summed E-state index contributed by atoms with van der Waals surface area (Å²) in [5, 5.41) is 0. The molecule has 0 atom stereocenters. The molecule has 0 saturated heterocycles. The number of benzene rings is 2. The lowest BCUT2D eigenvalue weighted by molar-refractivity contribution is 0.568. The van der Waals surface area contributed by atoms with Crippen molar-refractivity contribution >= 4 is 37.9 Å². The van der Waals surface area contributed by atoms with Crippen LogP contribution < -0.4 is 0 Å². The third kappa shape index (κ3) is 4.74. The van der Waals surface area contributed by atoms with E-state index in [1.807, 2.05) is 36.4 Å². The summed E-state index contributed by atoms with van der Waals surface area (Å²) in [5.74, 6) is -0.245. The number of nitrogens with zero attached hydrogens (tertiary/aromatic N) is 1. The summed E-state index contributed by atoms with van der Waals surface area (Å²) in [7, 11) is 0. The maximum Gasteiger partial charge on any atom is 0.123 e. The molecule has 0 radical (unpaired) electrons. The molecule has 0 spiro atoms. The highest BCUT2D eigenvalue weighted by Gasteiger charge is 2.23. The molecule has 0 amide bonds. The van der Waals surface area contributed by atoms with Gasteiger partial charge in [-0.3, -0.25) is 4.98 Å². The van der Waals surface area contributed by atoms with Gasteiger partial charge in [-0.25, -0.2) is 4.39 Å². The Labute approximate surface area is 176 Å². The molecule has 0 unspecified atom stereocenters. The van der Waals surface area contributed by atoms with Crippen LogP contribution in [-0.4, -0.2) is 4.98 Å². The minimum Gasteiger partial charge on any atom is -0.252 e. The summed E-state index contributed by atoms with van der Waals surface area (Å²) in [6, 6.07) is 18.8. The Morgan fingerprint density at radius 3 is 2.11 bits per heavy atom. The lowest BCUT2D eigenvalue weighted by Gasteiger charge is -2.24. The average Bonchev–Trinajstić information content (AvgIpc) is 2.62. The molecule has 0 aliphatic heterocycles. The monoisotopic (exact) mass is 487 g/mol. The first-order chi connectivity index (χ1) is 12.8. The van der Waals surface area contributed by atoms with Gasteiger partial charge in [-0.1, -0.05) is 63.2 Å². The largest absolute Gasteiger partial charge is 0.252 e. The van der Waals surface area contributed by atoms with Crippen LogP contribution in [0.1, 0.15) is 32.0 Å². The SMILES string of the molecule is CC(C)(C)c1nc(-c2ccccc2)cc(-c2ccc(F)cc2)c1C=C(Br)Br. The van der Waals surface area contributed by atoms with Crippen LogP contribution in [0, 0.1) is 5.82 Å². The molecule has 0 bridgehead atoms. The summed E-state index contributed by atoms with van der Waals surface area (Å²) in [4.78, 5) is 5.01. The molecular formula is C23H20Br2FN. The van der Waals surface area contributed by atoms with Gasteiger partial charge in [0.2, 0.25) is 0 Å². The number of halogens is 3. The van der Waals surface area contributed by atoms with Gasteiger partial charge in [0.05, 0.1) is 14.8 Å². The number of rotatable bonds is 3. The fourth-order valence-electron chi connectivity index (χ4n) is 3.01. The Morgan fingerprint density at radius 2 is 1.56 bits per heavy atom. The van der Waals surface area contributed by atoms with E-state index in [9.17, 15) is 4.39 Å². The predicted octanol–water partition coefficient (Wildman–Crippen LogP) is 7.94. The fourth-order valence-corrected chi connectivity index (χ4v) is 3.46. The summed E-state index contributed by atoms with van der Waals surface area (Å²) in [5.41, 5.74) is 5.76. The number of hydrogen-bond donors (Lipinski definition) is 0. The molecule has 1 nitrogen and oxygen atoms in total. The van der Waals surface area contributed by atoms with Crippen LogP contribution in [0.3, 0.4) is 0 Å². The zero-order chi connectivity index (χ0) is 19.6. The highest BCUT2D eigenvalue weighted by molar-refractivity contribution is 9.28. The van der Waals surface area contributed by atoms with Gasteiger partial charge in [0.1, 0.15) is 5.82 Å². The van der Waals surface area contributed by atoms with Crippen molar-refractivity contribution in [2.75, 3.05) is 0 Å². The van der Waals surface area contributed by atoms with Crippen LogP contribution in [0.4, 0.5) is 4.39 Å². The highest BCUT2D eigenvalue weighted by Crippen LogP contribution is 2.37. The molecule has 0 N–H and O–H groups in total. The van der Waals surface area contributed by atoms with Crippen LogP contribution in [0.2, 0.25) is 0 Å². The van der Waals surface area contributed by atoms with Crippen molar-refractivity contribution in [2.24, 2.45) is 0 Å². The van der Waals surface area contributed by atoms with Gasteiger partial charge in [-0.15, -0.1) is 0 Å². The van der Waals surface area contributed by atoms with Gasteiger partial charge in [-0.05, 0) is 67.3 Å². The first kappa shape index (κ1) is 20.0. The lowest BCUT2D eigenvalue weighted by Crippen LogP contribution is -2.17. The van der Waals surface area contributed by atoms with Crippen LogP contribution in [-0.2, 0) is 5.41 Å². The van der Waals surface area contributed by atoms with Crippen molar-refractivity contribution in [3.05, 3.63) is 81.1 Å². The second-order valence-electron chi connectivity index (χ2n) is 7.37. The Hall–Kier alpha value is -1.78. The predicted molar refractivity (Wildman–Crippen MR) is 120 cm³/mol. The van der Waals surface area contributed by atoms with Crippen molar-refractivity contribution < 1.29 is 4.39 Å². The van der Waals surface area contributed by atoms with E-state index in [0.717, 1.165) is 37.0 Å². The van der Waals surface area contributed by atoms with Crippen LogP contribution in [0.25, 0.3) is 28.5 Å². The third-order valence-electron chi connectivity index (χ3n) is 4.25. The molecule has 1 heterocycles. The van der Waals surface area contributed by atoms with E-state index < -0.39 is 0 Å². The Bertz CT molecular complexity index is 968. The highest BCUT2D eigenvalue weighted by atomic mass is 79.9. The maximum absolute atomic E-state index is 13.5. The van der Waals surface area contributed by atoms with Crippen molar-refractivity contribution in [2.45, 2.75) is 26.2 Å². The molecular weight excluding hydrogens is 469 g/mol. The molecule has 3 aromatic rings. The summed E-state index contributed by atoms with van der Waals surface area (Å²) < 4.78 is 14.3. The van der Waals surface area contributed by atoms with Gasteiger partial charge < -0.3 is 0 Å². The summed E-state index contributed by atoms with van der Waals surface area (Å²) >= 11 is 6.97. The first-order valence-corrected chi connectivity index (χ1v) is 10.2. The second-order valence-corrected chi connectivity index (χ2v) is 10.1. The molecule has 27 heavy (non-hydrogen) atoms. The molecule has 4 heteroatoms. The van der Waals surface area contributed by atoms with Gasteiger partial charge in [-0.2, -0.15) is 0 Å². The Kier molecular flexibility index (Phi) is 5.97. The van der Waals surface area contributed by atoms with Crippen LogP contribution in [0.15, 0.2) is 64.1 Å². The van der Waals surface area contributed by atoms with Crippen molar-refractivity contribution in [3.63, 3.8) is 0 Å². The topological polar surface area (TPSA) is 12.9 Å². The van der Waals surface area contributed by atoms with E-state index in [1.54, 1.807) is 0 Å². The minimum atomic E-state index is -0.245. The zero-order valence-corrected chi connectivity index (χ0v) is 18.6.